The lowest BCUT2D eigenvalue weighted by Crippen LogP contribution is -2.44. The number of nitrogens with zero attached hydrogens (tertiary/aromatic N) is 4. The Labute approximate surface area is 253 Å². The molecule has 0 spiro atoms. The van der Waals surface area contributed by atoms with Crippen LogP contribution in [0.2, 0.25) is 5.02 Å². The van der Waals surface area contributed by atoms with E-state index in [1.165, 1.54) is 6.08 Å². The van der Waals surface area contributed by atoms with E-state index in [1.807, 2.05) is 86.4 Å². The molecule has 1 aliphatic heterocycles. The van der Waals surface area contributed by atoms with Crippen molar-refractivity contribution in [2.45, 2.75) is 32.0 Å². The second kappa shape index (κ2) is 14.4. The highest BCUT2D eigenvalue weighted by atomic mass is 35.5. The van der Waals surface area contributed by atoms with Gasteiger partial charge in [0, 0.05) is 61.3 Å². The van der Waals surface area contributed by atoms with Crippen LogP contribution >= 0.6 is 11.6 Å². The van der Waals surface area contributed by atoms with Crippen molar-refractivity contribution in [1.82, 2.24) is 19.8 Å². The molecule has 4 rings (SSSR count). The summed E-state index contributed by atoms with van der Waals surface area (Å²) in [6, 6.07) is 13.5. The summed E-state index contributed by atoms with van der Waals surface area (Å²) in [5.41, 5.74) is 5.53. The average Bonchev–Trinajstić information content (AvgIpc) is 2.97. The number of aliphatic hydroxyl groups excluding tert-OH is 1. The molecule has 1 fully saturated rings. The number of aliphatic hydroxyl groups is 1. The summed E-state index contributed by atoms with van der Waals surface area (Å²) in [7, 11) is 5.76. The lowest BCUT2D eigenvalue weighted by molar-refractivity contribution is -0.111. The van der Waals surface area contributed by atoms with Gasteiger partial charge >= 0.3 is 0 Å². The molecule has 2 atom stereocenters. The Balaban J connectivity index is 1.41. The third-order valence-electron chi connectivity index (χ3n) is 7.24. The van der Waals surface area contributed by atoms with E-state index in [2.05, 4.69) is 27.5 Å². The fourth-order valence-corrected chi connectivity index (χ4v) is 5.27. The molecule has 1 unspecified atom stereocenters. The fraction of sp³-hybridized carbons (Fsp3) is 0.344. The Hall–Kier alpha value is -3.76. The topological polar surface area (TPSA) is 106 Å². The molecule has 1 aliphatic rings. The maximum atomic E-state index is 12.2. The van der Waals surface area contributed by atoms with Crippen molar-refractivity contribution in [2.75, 3.05) is 56.7 Å². The van der Waals surface area contributed by atoms with Gasteiger partial charge in [0.05, 0.1) is 16.9 Å². The number of likely N-dealkylation sites (tertiary alicyclic amines) is 1. The second-order valence-electron chi connectivity index (χ2n) is 10.7. The molecule has 1 aromatic heterocycles. The predicted molar refractivity (Wildman–Crippen MR) is 172 cm³/mol. The standard InChI is InChI=1S/C32H40ClN7O2/c1-21-18-23(36-29(41)13-9-16-39(4)5)14-15-25(21)31(42)40-17-8-10-24(20-40)37-32-35-19-27(33)30(38-32)22(2)26-11-6-7-12-28(26)34-3/h6-7,9,11-15,18-19,24,31,34,42H,2,8,10,16-17,20H2,1,3-5H3,(H,36,41)(H,35,37,38)/b13-9+/t24?,31-/m1/s1. The molecular weight excluding hydrogens is 550 g/mol. The minimum atomic E-state index is -0.779. The van der Waals surface area contributed by atoms with Crippen molar-refractivity contribution >= 4 is 40.4 Å². The Bertz CT molecular complexity index is 1440. The van der Waals surface area contributed by atoms with Crippen molar-refractivity contribution < 1.29 is 9.90 Å². The van der Waals surface area contributed by atoms with E-state index in [0.717, 1.165) is 41.8 Å². The van der Waals surface area contributed by atoms with Gasteiger partial charge in [0.2, 0.25) is 11.9 Å². The molecule has 2 aromatic carbocycles. The van der Waals surface area contributed by atoms with Gasteiger partial charge in [0.1, 0.15) is 6.23 Å². The maximum Gasteiger partial charge on any atom is 0.248 e. The minimum Gasteiger partial charge on any atom is -0.388 e. The number of aryl methyl sites for hydroxylation is 1. The third-order valence-corrected chi connectivity index (χ3v) is 7.52. The SMILES string of the molecule is C=C(c1ccccc1NC)c1nc(NC2CCCN([C@H](O)c3ccc(NC(=O)/C=C/CN(C)C)cc3C)C2)ncc1Cl. The van der Waals surface area contributed by atoms with Gasteiger partial charge < -0.3 is 26.0 Å². The first kappa shape index (κ1) is 31.2. The molecule has 2 heterocycles. The monoisotopic (exact) mass is 589 g/mol. The van der Waals surface area contributed by atoms with Crippen LogP contribution in [0.15, 0.2) is 67.4 Å². The number of benzene rings is 2. The number of rotatable bonds is 11. The van der Waals surface area contributed by atoms with Crippen LogP contribution in [0.1, 0.15) is 41.5 Å². The van der Waals surface area contributed by atoms with Gasteiger partial charge in [-0.1, -0.05) is 48.5 Å². The molecule has 3 aromatic rings. The number of piperidine rings is 1. The van der Waals surface area contributed by atoms with Gasteiger partial charge in [-0.2, -0.15) is 0 Å². The summed E-state index contributed by atoms with van der Waals surface area (Å²) >= 11 is 6.50. The Kier molecular flexibility index (Phi) is 10.7. The number of para-hydroxylation sites is 1. The van der Waals surface area contributed by atoms with Gasteiger partial charge in [0.25, 0.3) is 0 Å². The predicted octanol–water partition coefficient (Wildman–Crippen LogP) is 5.17. The van der Waals surface area contributed by atoms with E-state index in [0.29, 0.717) is 41.0 Å². The summed E-state index contributed by atoms with van der Waals surface area (Å²) in [5.74, 6) is 0.284. The van der Waals surface area contributed by atoms with Gasteiger partial charge in [-0.05, 0) is 63.2 Å². The first-order valence-corrected chi connectivity index (χ1v) is 14.4. The number of aromatic nitrogens is 2. The molecule has 4 N–H and O–H groups in total. The van der Waals surface area contributed by atoms with Crippen molar-refractivity contribution in [3.8, 4) is 0 Å². The van der Waals surface area contributed by atoms with Crippen molar-refractivity contribution in [1.29, 1.82) is 0 Å². The molecule has 0 aliphatic carbocycles. The number of carbonyl (C=O) groups excluding carboxylic acids is 1. The Morgan fingerprint density at radius 2 is 2.07 bits per heavy atom. The van der Waals surface area contributed by atoms with E-state index in [4.69, 9.17) is 16.6 Å². The van der Waals surface area contributed by atoms with Gasteiger partial charge in [-0.25, -0.2) is 9.97 Å². The molecule has 0 radical (unpaired) electrons. The summed E-state index contributed by atoms with van der Waals surface area (Å²) < 4.78 is 0. The highest BCUT2D eigenvalue weighted by Gasteiger charge is 2.27. The number of amides is 1. The van der Waals surface area contributed by atoms with Gasteiger partial charge in [0.15, 0.2) is 0 Å². The number of hydrogen-bond acceptors (Lipinski definition) is 8. The lowest BCUT2D eigenvalue weighted by atomic mass is 10.0. The highest BCUT2D eigenvalue weighted by Crippen LogP contribution is 2.32. The molecule has 42 heavy (non-hydrogen) atoms. The number of halogens is 1. The van der Waals surface area contributed by atoms with Gasteiger partial charge in [-0.15, -0.1) is 0 Å². The number of likely N-dealkylation sites (N-methyl/N-ethyl adjacent to an activating group) is 1. The summed E-state index contributed by atoms with van der Waals surface area (Å²) in [5, 5.41) is 21.3. The van der Waals surface area contributed by atoms with E-state index in [9.17, 15) is 9.90 Å². The maximum absolute atomic E-state index is 12.2. The number of nitrogens with one attached hydrogen (secondary N) is 3. The van der Waals surface area contributed by atoms with E-state index < -0.39 is 6.23 Å². The Morgan fingerprint density at radius 3 is 2.81 bits per heavy atom. The molecule has 0 bridgehead atoms. The summed E-state index contributed by atoms with van der Waals surface area (Å²) in [6.07, 6.45) is 5.98. The van der Waals surface area contributed by atoms with E-state index in [1.54, 1.807) is 6.20 Å². The van der Waals surface area contributed by atoms with Crippen LogP contribution in [0, 0.1) is 6.92 Å². The Morgan fingerprint density at radius 1 is 1.29 bits per heavy atom. The van der Waals surface area contributed by atoms with Crippen molar-refractivity contribution in [2.24, 2.45) is 0 Å². The zero-order chi connectivity index (χ0) is 30.2. The van der Waals surface area contributed by atoms with Crippen molar-refractivity contribution in [3.63, 3.8) is 0 Å². The first-order chi connectivity index (χ1) is 20.2. The largest absolute Gasteiger partial charge is 0.388 e. The van der Waals surface area contributed by atoms with E-state index >= 15 is 0 Å². The van der Waals surface area contributed by atoms with Gasteiger partial charge in [-0.3, -0.25) is 9.69 Å². The first-order valence-electron chi connectivity index (χ1n) is 14.1. The fourth-order valence-electron chi connectivity index (χ4n) is 5.06. The van der Waals surface area contributed by atoms with Crippen LogP contribution in [0.5, 0.6) is 0 Å². The lowest BCUT2D eigenvalue weighted by Gasteiger charge is -2.36. The molecule has 1 saturated heterocycles. The molecule has 9 nitrogen and oxygen atoms in total. The normalized spacial score (nSPS) is 16.4. The number of hydrogen-bond donors (Lipinski definition) is 4. The van der Waals surface area contributed by atoms with Crippen LogP contribution in [-0.2, 0) is 4.79 Å². The highest BCUT2D eigenvalue weighted by molar-refractivity contribution is 6.32. The molecule has 222 valence electrons. The smallest absolute Gasteiger partial charge is 0.248 e. The summed E-state index contributed by atoms with van der Waals surface area (Å²) in [4.78, 5) is 25.4. The van der Waals surface area contributed by atoms with Crippen LogP contribution in [0.25, 0.3) is 5.57 Å². The minimum absolute atomic E-state index is 0.0353. The molecule has 10 heteroatoms. The van der Waals surface area contributed by atoms with Crippen LogP contribution in [0.4, 0.5) is 17.3 Å². The summed E-state index contributed by atoms with van der Waals surface area (Å²) in [6.45, 7) is 8.26. The number of anilines is 3. The van der Waals surface area contributed by atoms with Crippen LogP contribution in [0.3, 0.4) is 0 Å². The van der Waals surface area contributed by atoms with Crippen LogP contribution in [-0.4, -0.2) is 77.6 Å². The molecule has 0 saturated carbocycles. The average molecular weight is 590 g/mol. The number of carbonyl (C=O) groups is 1. The zero-order valence-electron chi connectivity index (χ0n) is 24.7. The zero-order valence-corrected chi connectivity index (χ0v) is 25.4. The van der Waals surface area contributed by atoms with Crippen molar-refractivity contribution in [3.05, 3.63) is 94.8 Å². The molecular formula is C32H40ClN7O2. The molecule has 1 amide bonds. The second-order valence-corrected chi connectivity index (χ2v) is 11.1. The van der Waals surface area contributed by atoms with Crippen LogP contribution < -0.4 is 16.0 Å². The third kappa shape index (κ3) is 7.95. The quantitative estimate of drug-likeness (QED) is 0.227. The van der Waals surface area contributed by atoms with E-state index in [-0.39, 0.29) is 11.9 Å².